The normalized spacial score (nSPS) is 15.9. The van der Waals surface area contributed by atoms with E-state index in [1.807, 2.05) is 24.3 Å². The van der Waals surface area contributed by atoms with Crippen molar-refractivity contribution in [1.29, 1.82) is 0 Å². The van der Waals surface area contributed by atoms with Gasteiger partial charge in [-0.25, -0.2) is 4.79 Å². The van der Waals surface area contributed by atoms with Gasteiger partial charge in [-0.1, -0.05) is 12.1 Å². The molecule has 2 aromatic rings. The molecule has 21 heavy (non-hydrogen) atoms. The van der Waals surface area contributed by atoms with Crippen LogP contribution >= 0.6 is 0 Å². The number of aryl methyl sites for hydroxylation is 1. The average Bonchev–Trinajstić information content (AvgIpc) is 3.24. The highest BCUT2D eigenvalue weighted by Crippen LogP contribution is 2.44. The predicted octanol–water partition coefficient (Wildman–Crippen LogP) is 2.14. The maximum absolute atomic E-state index is 12.0. The maximum atomic E-state index is 12.0. The van der Waals surface area contributed by atoms with Crippen molar-refractivity contribution in [2.75, 3.05) is 0 Å². The minimum absolute atomic E-state index is 0.0434. The van der Waals surface area contributed by atoms with E-state index >= 15 is 0 Å². The van der Waals surface area contributed by atoms with Crippen molar-refractivity contribution in [2.24, 2.45) is 13.0 Å². The van der Waals surface area contributed by atoms with Crippen LogP contribution < -0.4 is 5.69 Å². The summed E-state index contributed by atoms with van der Waals surface area (Å²) in [4.78, 5) is 23.1. The Labute approximate surface area is 122 Å². The van der Waals surface area contributed by atoms with Crippen molar-refractivity contribution in [3.05, 3.63) is 52.7 Å². The molecule has 0 bridgehead atoms. The van der Waals surface area contributed by atoms with Gasteiger partial charge in [-0.3, -0.25) is 9.36 Å². The highest BCUT2D eigenvalue weighted by Gasteiger charge is 2.33. The molecule has 1 N–H and O–H groups in total. The van der Waals surface area contributed by atoms with Crippen LogP contribution in [0.25, 0.3) is 5.69 Å². The Hall–Kier alpha value is -2.30. The van der Waals surface area contributed by atoms with E-state index in [-0.39, 0.29) is 18.0 Å². The molecule has 0 radical (unpaired) electrons. The molecule has 1 atom stereocenters. The summed E-state index contributed by atoms with van der Waals surface area (Å²) in [6.45, 7) is 0. The van der Waals surface area contributed by atoms with Gasteiger partial charge in [0.15, 0.2) is 0 Å². The van der Waals surface area contributed by atoms with Gasteiger partial charge in [0.1, 0.15) is 0 Å². The molecule has 1 saturated carbocycles. The van der Waals surface area contributed by atoms with E-state index in [0.29, 0.717) is 5.92 Å². The Morgan fingerprint density at radius 3 is 2.71 bits per heavy atom. The lowest BCUT2D eigenvalue weighted by Crippen LogP contribution is -2.20. The zero-order valence-corrected chi connectivity index (χ0v) is 11.9. The predicted molar refractivity (Wildman–Crippen MR) is 78.7 cm³/mol. The Morgan fingerprint density at radius 1 is 1.38 bits per heavy atom. The van der Waals surface area contributed by atoms with Crippen LogP contribution in [0.1, 0.15) is 30.7 Å². The molecule has 1 unspecified atom stereocenters. The second-order valence-electron chi connectivity index (χ2n) is 5.70. The summed E-state index contributed by atoms with van der Waals surface area (Å²) in [6, 6.07) is 7.66. The third-order valence-corrected chi connectivity index (χ3v) is 4.11. The number of hydrogen-bond acceptors (Lipinski definition) is 2. The number of rotatable bonds is 5. The summed E-state index contributed by atoms with van der Waals surface area (Å²) in [5.74, 6) is -0.264. The first-order valence-electron chi connectivity index (χ1n) is 7.12. The van der Waals surface area contributed by atoms with Gasteiger partial charge in [-0.05, 0) is 42.4 Å². The van der Waals surface area contributed by atoms with Crippen molar-refractivity contribution in [3.63, 3.8) is 0 Å². The van der Waals surface area contributed by atoms with E-state index in [9.17, 15) is 9.59 Å². The minimum Gasteiger partial charge on any atom is -0.481 e. The van der Waals surface area contributed by atoms with Gasteiger partial charge in [0, 0.05) is 19.4 Å². The zero-order chi connectivity index (χ0) is 15.0. The molecule has 5 nitrogen and oxygen atoms in total. The van der Waals surface area contributed by atoms with Crippen LogP contribution in [0.3, 0.4) is 0 Å². The van der Waals surface area contributed by atoms with Crippen LogP contribution in [0.5, 0.6) is 0 Å². The molecular formula is C16H18N2O3. The highest BCUT2D eigenvalue weighted by molar-refractivity contribution is 5.68. The quantitative estimate of drug-likeness (QED) is 0.916. The first-order chi connectivity index (χ1) is 10.1. The molecule has 110 valence electrons. The largest absolute Gasteiger partial charge is 0.481 e. The smallest absolute Gasteiger partial charge is 0.332 e. The molecule has 1 fully saturated rings. The molecule has 1 heterocycles. The Balaban J connectivity index is 1.97. The van der Waals surface area contributed by atoms with Gasteiger partial charge in [0.2, 0.25) is 0 Å². The van der Waals surface area contributed by atoms with Crippen LogP contribution in [0.2, 0.25) is 0 Å². The lowest BCUT2D eigenvalue weighted by Gasteiger charge is -2.15. The molecule has 0 aliphatic heterocycles. The van der Waals surface area contributed by atoms with Gasteiger partial charge in [0.05, 0.1) is 12.1 Å². The third-order valence-electron chi connectivity index (χ3n) is 4.11. The van der Waals surface area contributed by atoms with Crippen LogP contribution in [-0.4, -0.2) is 20.2 Å². The van der Waals surface area contributed by atoms with Crippen molar-refractivity contribution >= 4 is 5.97 Å². The number of aromatic nitrogens is 2. The number of benzene rings is 1. The summed E-state index contributed by atoms with van der Waals surface area (Å²) in [5.41, 5.74) is 1.69. The van der Waals surface area contributed by atoms with Gasteiger partial charge in [-0.2, -0.15) is 0 Å². The van der Waals surface area contributed by atoms with Crippen LogP contribution in [0, 0.1) is 5.92 Å². The van der Waals surface area contributed by atoms with Crippen LogP contribution in [0.4, 0.5) is 0 Å². The van der Waals surface area contributed by atoms with Crippen LogP contribution in [0.15, 0.2) is 41.5 Å². The van der Waals surface area contributed by atoms with E-state index < -0.39 is 5.97 Å². The molecule has 0 amide bonds. The average molecular weight is 286 g/mol. The summed E-state index contributed by atoms with van der Waals surface area (Å²) in [5, 5.41) is 9.10. The van der Waals surface area contributed by atoms with Gasteiger partial charge >= 0.3 is 11.7 Å². The minimum atomic E-state index is -0.769. The number of imidazole rings is 1. The number of carboxylic acids is 1. The molecule has 5 heteroatoms. The second-order valence-corrected chi connectivity index (χ2v) is 5.70. The number of nitrogens with zero attached hydrogens (tertiary/aromatic N) is 2. The van der Waals surface area contributed by atoms with E-state index in [1.54, 1.807) is 24.0 Å². The summed E-state index contributed by atoms with van der Waals surface area (Å²) >= 11 is 0. The van der Waals surface area contributed by atoms with Gasteiger partial charge < -0.3 is 9.67 Å². The highest BCUT2D eigenvalue weighted by atomic mass is 16.4. The fraction of sp³-hybridized carbons (Fsp3) is 0.375. The molecule has 3 rings (SSSR count). The van der Waals surface area contributed by atoms with Gasteiger partial charge in [-0.15, -0.1) is 0 Å². The fourth-order valence-corrected chi connectivity index (χ4v) is 2.81. The molecule has 0 saturated heterocycles. The fourth-order valence-electron chi connectivity index (χ4n) is 2.81. The van der Waals surface area contributed by atoms with Crippen LogP contribution in [-0.2, 0) is 11.8 Å². The Morgan fingerprint density at radius 2 is 2.14 bits per heavy atom. The molecule has 1 aromatic carbocycles. The summed E-state index contributed by atoms with van der Waals surface area (Å²) in [6.07, 6.45) is 5.77. The number of aliphatic carboxylic acids is 1. The number of hydrogen-bond donors (Lipinski definition) is 1. The zero-order valence-electron chi connectivity index (χ0n) is 11.9. The molecular weight excluding hydrogens is 268 g/mol. The maximum Gasteiger partial charge on any atom is 0.332 e. The summed E-state index contributed by atoms with van der Waals surface area (Å²) in [7, 11) is 1.71. The molecule has 1 aromatic heterocycles. The van der Waals surface area contributed by atoms with E-state index in [0.717, 1.165) is 24.1 Å². The van der Waals surface area contributed by atoms with E-state index in [4.69, 9.17) is 5.11 Å². The SMILES string of the molecule is Cn1ccn(-c2cccc(C(CC(=O)O)C3CC3)c2)c1=O. The lowest BCUT2D eigenvalue weighted by molar-refractivity contribution is -0.137. The summed E-state index contributed by atoms with van der Waals surface area (Å²) < 4.78 is 3.09. The molecule has 0 spiro atoms. The van der Waals surface area contributed by atoms with E-state index in [2.05, 4.69) is 0 Å². The van der Waals surface area contributed by atoms with Crippen molar-refractivity contribution < 1.29 is 9.90 Å². The van der Waals surface area contributed by atoms with Gasteiger partial charge in [0.25, 0.3) is 0 Å². The van der Waals surface area contributed by atoms with Crippen molar-refractivity contribution in [2.45, 2.75) is 25.2 Å². The topological polar surface area (TPSA) is 64.2 Å². The Bertz CT molecular complexity index is 725. The Kier molecular flexibility index (Phi) is 3.41. The number of carbonyl (C=O) groups is 1. The second kappa shape index (κ2) is 5.24. The first kappa shape index (κ1) is 13.7. The van der Waals surface area contributed by atoms with E-state index in [1.165, 1.54) is 4.57 Å². The van der Waals surface area contributed by atoms with Crippen molar-refractivity contribution in [1.82, 2.24) is 9.13 Å². The number of carboxylic acid groups (broad SMARTS) is 1. The third kappa shape index (κ3) is 2.77. The van der Waals surface area contributed by atoms with Crippen molar-refractivity contribution in [3.8, 4) is 5.69 Å². The first-order valence-corrected chi connectivity index (χ1v) is 7.12. The lowest BCUT2D eigenvalue weighted by atomic mass is 9.91. The molecule has 1 aliphatic carbocycles. The monoisotopic (exact) mass is 286 g/mol. The standard InChI is InChI=1S/C16H18N2O3/c1-17-7-8-18(16(17)21)13-4-2-3-12(9-13)14(10-15(19)20)11-5-6-11/h2-4,7-9,11,14H,5-6,10H2,1H3,(H,19,20). The molecule has 1 aliphatic rings.